The Labute approximate surface area is 174 Å². The molecule has 1 fully saturated rings. The van der Waals surface area contributed by atoms with E-state index in [0.29, 0.717) is 36.6 Å². The van der Waals surface area contributed by atoms with Gasteiger partial charge >= 0.3 is 0 Å². The molecule has 2 unspecified atom stereocenters. The molecule has 30 heavy (non-hydrogen) atoms. The number of anilines is 1. The number of fused-ring (bicyclic) bond motifs is 1. The third kappa shape index (κ3) is 3.81. The lowest BCUT2D eigenvalue weighted by Crippen LogP contribution is -2.24. The van der Waals surface area contributed by atoms with Gasteiger partial charge in [0.15, 0.2) is 0 Å². The molecule has 2 aliphatic carbocycles. The maximum Gasteiger partial charge on any atom is 0.290 e. The van der Waals surface area contributed by atoms with Crippen molar-refractivity contribution in [2.45, 2.75) is 38.1 Å². The molecule has 8 nitrogen and oxygen atoms in total. The highest BCUT2D eigenvalue weighted by atomic mass is 16.5. The summed E-state index contributed by atoms with van der Waals surface area (Å²) in [5, 5.41) is 11.6. The number of rotatable bonds is 7. The third-order valence-corrected chi connectivity index (χ3v) is 5.98. The molecular formula is C22H26N6O2. The van der Waals surface area contributed by atoms with Gasteiger partial charge in [-0.1, -0.05) is 6.07 Å². The normalized spacial score (nSPS) is 19.5. The van der Waals surface area contributed by atoms with Crippen molar-refractivity contribution in [1.29, 1.82) is 0 Å². The Morgan fingerprint density at radius 2 is 2.17 bits per heavy atom. The average molecular weight is 406 g/mol. The zero-order valence-corrected chi connectivity index (χ0v) is 17.3. The number of aromatic nitrogens is 5. The average Bonchev–Trinajstić information content (AvgIpc) is 3.14. The maximum absolute atomic E-state index is 12.4. The molecule has 0 amide bonds. The van der Waals surface area contributed by atoms with Gasteiger partial charge in [-0.3, -0.25) is 14.5 Å². The van der Waals surface area contributed by atoms with Crippen LogP contribution in [0.3, 0.4) is 0 Å². The van der Waals surface area contributed by atoms with Gasteiger partial charge in [0, 0.05) is 61.7 Å². The molecule has 0 spiro atoms. The second-order valence-corrected chi connectivity index (χ2v) is 8.31. The van der Waals surface area contributed by atoms with Gasteiger partial charge < -0.3 is 10.1 Å². The third-order valence-electron chi connectivity index (χ3n) is 5.98. The number of aryl methyl sites for hydroxylation is 4. The number of ether oxygens (including phenoxy) is 1. The Bertz CT molecular complexity index is 1130. The van der Waals surface area contributed by atoms with Crippen LogP contribution in [0.4, 0.5) is 5.69 Å². The minimum absolute atomic E-state index is 0.183. The minimum Gasteiger partial charge on any atom is -0.476 e. The Morgan fingerprint density at radius 1 is 1.27 bits per heavy atom. The molecule has 0 bridgehead atoms. The molecule has 3 heterocycles. The van der Waals surface area contributed by atoms with E-state index in [1.807, 2.05) is 13.2 Å². The fourth-order valence-corrected chi connectivity index (χ4v) is 4.17. The number of hydrogen-bond donors (Lipinski definition) is 1. The van der Waals surface area contributed by atoms with Crippen molar-refractivity contribution in [2.75, 3.05) is 11.9 Å². The van der Waals surface area contributed by atoms with Crippen molar-refractivity contribution in [2.24, 2.45) is 20.0 Å². The van der Waals surface area contributed by atoms with E-state index in [1.54, 1.807) is 24.0 Å². The van der Waals surface area contributed by atoms with E-state index in [4.69, 9.17) is 9.72 Å². The predicted molar refractivity (Wildman–Crippen MR) is 113 cm³/mol. The summed E-state index contributed by atoms with van der Waals surface area (Å²) in [6, 6.07) is 6.11. The smallest absolute Gasteiger partial charge is 0.290 e. The van der Waals surface area contributed by atoms with E-state index in [1.165, 1.54) is 28.1 Å². The summed E-state index contributed by atoms with van der Waals surface area (Å²) in [5.74, 6) is 1.37. The van der Waals surface area contributed by atoms with Gasteiger partial charge in [-0.05, 0) is 37.3 Å². The first-order chi connectivity index (χ1) is 14.6. The van der Waals surface area contributed by atoms with Crippen LogP contribution in [-0.2, 0) is 33.5 Å². The lowest BCUT2D eigenvalue weighted by Gasteiger charge is -2.10. The van der Waals surface area contributed by atoms with Crippen molar-refractivity contribution < 1.29 is 4.74 Å². The molecule has 2 aliphatic rings. The van der Waals surface area contributed by atoms with Gasteiger partial charge in [0.25, 0.3) is 5.56 Å². The monoisotopic (exact) mass is 406 g/mol. The van der Waals surface area contributed by atoms with Crippen LogP contribution in [0.15, 0.2) is 35.4 Å². The largest absolute Gasteiger partial charge is 0.476 e. The van der Waals surface area contributed by atoms with Gasteiger partial charge in [-0.2, -0.15) is 5.10 Å². The van der Waals surface area contributed by atoms with E-state index >= 15 is 0 Å². The predicted octanol–water partition coefficient (Wildman–Crippen LogP) is 2.19. The zero-order chi connectivity index (χ0) is 20.7. The van der Waals surface area contributed by atoms with Crippen molar-refractivity contribution in [1.82, 2.24) is 24.5 Å². The van der Waals surface area contributed by atoms with Crippen LogP contribution in [0.5, 0.6) is 5.88 Å². The second-order valence-electron chi connectivity index (χ2n) is 8.31. The number of nitrogens with zero attached hydrogens (tertiary/aromatic N) is 5. The van der Waals surface area contributed by atoms with Crippen LogP contribution in [0.2, 0.25) is 0 Å². The summed E-state index contributed by atoms with van der Waals surface area (Å²) in [6.45, 7) is 1.10. The number of hydrogen-bond acceptors (Lipinski definition) is 6. The molecular weight excluding hydrogens is 380 g/mol. The van der Waals surface area contributed by atoms with Gasteiger partial charge in [-0.25, -0.2) is 4.68 Å². The van der Waals surface area contributed by atoms with Crippen molar-refractivity contribution in [3.05, 3.63) is 63.5 Å². The molecule has 0 aliphatic heterocycles. The molecule has 2 atom stereocenters. The topological polar surface area (TPSA) is 86.9 Å². The fourth-order valence-electron chi connectivity index (χ4n) is 4.17. The lowest BCUT2D eigenvalue weighted by atomic mass is 10.1. The highest BCUT2D eigenvalue weighted by molar-refractivity contribution is 5.43. The second kappa shape index (κ2) is 7.59. The van der Waals surface area contributed by atoms with Crippen molar-refractivity contribution >= 4 is 5.69 Å². The number of pyridine rings is 1. The van der Waals surface area contributed by atoms with Crippen molar-refractivity contribution in [3.8, 4) is 5.88 Å². The molecule has 3 aromatic heterocycles. The SMILES string of the molecule is Cn1cc(CNc2cc(OCC3CC3c3ccc4c(n3)CCC4)nn(C)c2=O)cn1. The molecule has 1 saturated carbocycles. The van der Waals surface area contributed by atoms with E-state index in [0.717, 1.165) is 24.8 Å². The highest BCUT2D eigenvalue weighted by Crippen LogP contribution is 2.47. The summed E-state index contributed by atoms with van der Waals surface area (Å²) < 4.78 is 9.00. The summed E-state index contributed by atoms with van der Waals surface area (Å²) in [5.41, 5.74) is 5.17. The van der Waals surface area contributed by atoms with Crippen LogP contribution >= 0.6 is 0 Å². The summed E-state index contributed by atoms with van der Waals surface area (Å²) in [6.07, 6.45) is 8.26. The standard InChI is InChI=1S/C22H26N6O2/c1-27-12-14(11-24-27)10-23-20-9-21(26-28(2)22(20)29)30-13-16-8-17(16)19-7-6-15-4-3-5-18(15)25-19/h6-7,9,11-12,16-17,23H,3-5,8,10,13H2,1-2H3. The van der Waals surface area contributed by atoms with Gasteiger partial charge in [-0.15, -0.1) is 5.10 Å². The molecule has 5 rings (SSSR count). The van der Waals surface area contributed by atoms with Gasteiger partial charge in [0.05, 0.1) is 12.8 Å². The summed E-state index contributed by atoms with van der Waals surface area (Å²) in [7, 11) is 3.50. The van der Waals surface area contributed by atoms with E-state index in [-0.39, 0.29) is 5.56 Å². The quantitative estimate of drug-likeness (QED) is 0.647. The first-order valence-corrected chi connectivity index (χ1v) is 10.5. The van der Waals surface area contributed by atoms with Crippen LogP contribution in [0.1, 0.15) is 41.3 Å². The van der Waals surface area contributed by atoms with Crippen LogP contribution in [-0.4, -0.2) is 31.2 Å². The molecule has 156 valence electrons. The lowest BCUT2D eigenvalue weighted by molar-refractivity contribution is 0.278. The van der Waals surface area contributed by atoms with Crippen LogP contribution in [0.25, 0.3) is 0 Å². The molecule has 0 aromatic carbocycles. The number of nitrogens with one attached hydrogen (secondary N) is 1. The van der Waals surface area contributed by atoms with Crippen LogP contribution in [0, 0.1) is 5.92 Å². The molecule has 0 radical (unpaired) electrons. The zero-order valence-electron chi connectivity index (χ0n) is 17.3. The van der Waals surface area contributed by atoms with Crippen molar-refractivity contribution in [3.63, 3.8) is 0 Å². The molecule has 3 aromatic rings. The first-order valence-electron chi connectivity index (χ1n) is 10.5. The maximum atomic E-state index is 12.4. The first kappa shape index (κ1) is 18.8. The molecule has 1 N–H and O–H groups in total. The van der Waals surface area contributed by atoms with Gasteiger partial charge in [0.1, 0.15) is 5.69 Å². The van der Waals surface area contributed by atoms with E-state index in [9.17, 15) is 4.79 Å². The molecule has 0 saturated heterocycles. The van der Waals surface area contributed by atoms with E-state index in [2.05, 4.69) is 27.6 Å². The van der Waals surface area contributed by atoms with Gasteiger partial charge in [0.2, 0.25) is 5.88 Å². The highest BCUT2D eigenvalue weighted by Gasteiger charge is 2.40. The Balaban J connectivity index is 1.21. The van der Waals surface area contributed by atoms with E-state index < -0.39 is 0 Å². The molecule has 8 heteroatoms. The fraction of sp³-hybridized carbons (Fsp3) is 0.455. The Kier molecular flexibility index (Phi) is 4.77. The Morgan fingerprint density at radius 3 is 3.00 bits per heavy atom. The summed E-state index contributed by atoms with van der Waals surface area (Å²) >= 11 is 0. The Hall–Kier alpha value is -3.16. The summed E-state index contributed by atoms with van der Waals surface area (Å²) in [4.78, 5) is 17.3. The minimum atomic E-state index is -0.183. The van der Waals surface area contributed by atoms with Crippen LogP contribution < -0.4 is 15.6 Å².